The molecule has 0 fully saturated rings. The van der Waals surface area contributed by atoms with Crippen LogP contribution >= 0.6 is 11.6 Å². The summed E-state index contributed by atoms with van der Waals surface area (Å²) in [6, 6.07) is 5.04. The zero-order valence-electron chi connectivity index (χ0n) is 9.21. The van der Waals surface area contributed by atoms with Crippen LogP contribution in [-0.2, 0) is 11.2 Å². The van der Waals surface area contributed by atoms with Crippen LogP contribution in [0.3, 0.4) is 0 Å². The number of rotatable bonds is 3. The third kappa shape index (κ3) is 2.53. The van der Waals surface area contributed by atoms with Gasteiger partial charge in [-0.3, -0.25) is 0 Å². The zero-order chi connectivity index (χ0) is 12.1. The Labute approximate surface area is 99.6 Å². The Morgan fingerprint density at radius 2 is 2.19 bits per heavy atom. The lowest BCUT2D eigenvalue weighted by Gasteiger charge is -2.09. The Morgan fingerprint density at radius 3 is 2.69 bits per heavy atom. The topological polar surface area (TPSA) is 50.1 Å². The van der Waals surface area contributed by atoms with Gasteiger partial charge in [-0.2, -0.15) is 5.26 Å². The highest BCUT2D eigenvalue weighted by Gasteiger charge is 2.15. The van der Waals surface area contributed by atoms with Gasteiger partial charge in [-0.1, -0.05) is 18.5 Å². The number of carbonyl (C=O) groups is 1. The van der Waals surface area contributed by atoms with E-state index in [1.807, 2.05) is 13.0 Å². The normalized spacial score (nSPS) is 9.62. The molecule has 3 nitrogen and oxygen atoms in total. The maximum atomic E-state index is 11.7. The quantitative estimate of drug-likeness (QED) is 0.760. The molecule has 0 spiro atoms. The number of benzene rings is 1. The molecule has 84 valence electrons. The third-order valence-electron chi connectivity index (χ3n) is 2.17. The van der Waals surface area contributed by atoms with Crippen molar-refractivity contribution >= 4 is 17.6 Å². The number of hydrogen-bond donors (Lipinski definition) is 0. The van der Waals surface area contributed by atoms with Crippen LogP contribution in [0.25, 0.3) is 0 Å². The summed E-state index contributed by atoms with van der Waals surface area (Å²) in [7, 11) is 0. The maximum Gasteiger partial charge on any atom is 0.338 e. The van der Waals surface area contributed by atoms with Gasteiger partial charge in [-0.05, 0) is 31.0 Å². The summed E-state index contributed by atoms with van der Waals surface area (Å²) >= 11 is 6.00. The van der Waals surface area contributed by atoms with E-state index < -0.39 is 5.97 Å². The van der Waals surface area contributed by atoms with Gasteiger partial charge in [0.25, 0.3) is 0 Å². The van der Waals surface area contributed by atoms with E-state index in [0.717, 1.165) is 5.56 Å². The lowest BCUT2D eigenvalue weighted by atomic mass is 10.0. The molecule has 0 saturated heterocycles. The van der Waals surface area contributed by atoms with Gasteiger partial charge in [0, 0.05) is 5.02 Å². The molecule has 0 heterocycles. The fourth-order valence-corrected chi connectivity index (χ4v) is 1.80. The molecule has 0 aliphatic heterocycles. The molecule has 0 saturated carbocycles. The summed E-state index contributed by atoms with van der Waals surface area (Å²) in [5.74, 6) is -0.432. The zero-order valence-corrected chi connectivity index (χ0v) is 9.97. The van der Waals surface area contributed by atoms with Gasteiger partial charge < -0.3 is 4.74 Å². The van der Waals surface area contributed by atoms with Crippen LogP contribution in [-0.4, -0.2) is 12.6 Å². The highest BCUT2D eigenvalue weighted by atomic mass is 35.5. The van der Waals surface area contributed by atoms with E-state index in [-0.39, 0.29) is 0 Å². The monoisotopic (exact) mass is 237 g/mol. The first-order valence-electron chi connectivity index (χ1n) is 5.03. The smallest absolute Gasteiger partial charge is 0.338 e. The fourth-order valence-electron chi connectivity index (χ4n) is 1.45. The summed E-state index contributed by atoms with van der Waals surface area (Å²) in [4.78, 5) is 11.7. The summed E-state index contributed by atoms with van der Waals surface area (Å²) in [5.41, 5.74) is 1.47. The summed E-state index contributed by atoms with van der Waals surface area (Å²) in [5, 5.41) is 9.24. The molecule has 1 aromatic carbocycles. The number of halogens is 1. The Kier molecular flexibility index (Phi) is 4.33. The lowest BCUT2D eigenvalue weighted by Crippen LogP contribution is -2.08. The highest BCUT2D eigenvalue weighted by molar-refractivity contribution is 6.32. The van der Waals surface area contributed by atoms with E-state index in [1.54, 1.807) is 13.0 Å². The minimum absolute atomic E-state index is 0.302. The third-order valence-corrected chi connectivity index (χ3v) is 2.51. The Bertz CT molecular complexity index is 449. The van der Waals surface area contributed by atoms with Gasteiger partial charge in [0.1, 0.15) is 0 Å². The predicted octanol–water partition coefficient (Wildman–Crippen LogP) is 2.95. The van der Waals surface area contributed by atoms with Crippen LogP contribution in [0.1, 0.15) is 35.3 Å². The molecule has 0 amide bonds. The summed E-state index contributed by atoms with van der Waals surface area (Å²) < 4.78 is 4.92. The molecular weight excluding hydrogens is 226 g/mol. The van der Waals surface area contributed by atoms with E-state index in [9.17, 15) is 4.79 Å². The molecule has 1 aromatic rings. The summed E-state index contributed by atoms with van der Waals surface area (Å²) in [6.45, 7) is 3.94. The Hall–Kier alpha value is -1.53. The highest BCUT2D eigenvalue weighted by Crippen LogP contribution is 2.23. The minimum atomic E-state index is -0.432. The van der Waals surface area contributed by atoms with Crippen LogP contribution in [0.4, 0.5) is 0 Å². The summed E-state index contributed by atoms with van der Waals surface area (Å²) in [6.07, 6.45) is 0.624. The van der Waals surface area contributed by atoms with E-state index in [1.165, 1.54) is 6.07 Å². The molecular formula is C12H12ClNO2. The van der Waals surface area contributed by atoms with Crippen molar-refractivity contribution in [3.05, 3.63) is 33.8 Å². The van der Waals surface area contributed by atoms with Crippen molar-refractivity contribution < 1.29 is 9.53 Å². The Morgan fingerprint density at radius 1 is 1.50 bits per heavy atom. The molecule has 1 rings (SSSR count). The number of ether oxygens (including phenoxy) is 1. The number of nitrogens with zero attached hydrogens (tertiary/aromatic N) is 1. The van der Waals surface area contributed by atoms with Crippen molar-refractivity contribution in [3.63, 3.8) is 0 Å². The molecule has 16 heavy (non-hydrogen) atoms. The van der Waals surface area contributed by atoms with Gasteiger partial charge in [0.2, 0.25) is 0 Å². The number of carbonyl (C=O) groups excluding carboxylic acids is 1. The molecule has 4 heteroatoms. The van der Waals surface area contributed by atoms with Crippen LogP contribution in [0.2, 0.25) is 5.02 Å². The first-order valence-corrected chi connectivity index (χ1v) is 5.41. The van der Waals surface area contributed by atoms with E-state index >= 15 is 0 Å². The van der Waals surface area contributed by atoms with Gasteiger partial charge in [-0.15, -0.1) is 0 Å². The van der Waals surface area contributed by atoms with Gasteiger partial charge >= 0.3 is 5.97 Å². The van der Waals surface area contributed by atoms with Crippen LogP contribution < -0.4 is 0 Å². The first-order chi connectivity index (χ1) is 7.63. The lowest BCUT2D eigenvalue weighted by molar-refractivity contribution is 0.0525. The number of nitriles is 1. The molecule has 0 aliphatic carbocycles. The SMILES string of the molecule is CCOC(=O)c1cc(C#N)cc(Cl)c1CC. The largest absolute Gasteiger partial charge is 0.462 e. The second-order valence-corrected chi connectivity index (χ2v) is 3.58. The molecule has 0 bridgehead atoms. The minimum Gasteiger partial charge on any atom is -0.462 e. The van der Waals surface area contributed by atoms with Crippen molar-refractivity contribution in [2.75, 3.05) is 6.61 Å². The van der Waals surface area contributed by atoms with Gasteiger partial charge in [-0.25, -0.2) is 4.79 Å². The second-order valence-electron chi connectivity index (χ2n) is 3.17. The maximum absolute atomic E-state index is 11.7. The average Bonchev–Trinajstić information content (AvgIpc) is 2.28. The molecule has 0 N–H and O–H groups in total. The Balaban J connectivity index is 3.29. The molecule has 0 unspecified atom stereocenters. The first kappa shape index (κ1) is 12.5. The standard InChI is InChI=1S/C12H12ClNO2/c1-3-9-10(12(15)16-4-2)5-8(7-14)6-11(9)13/h5-6H,3-4H2,1-2H3. The predicted molar refractivity (Wildman–Crippen MR) is 61.5 cm³/mol. The van der Waals surface area contributed by atoms with Crippen LogP contribution in [0, 0.1) is 11.3 Å². The van der Waals surface area contributed by atoms with Crippen molar-refractivity contribution in [2.45, 2.75) is 20.3 Å². The van der Waals surface area contributed by atoms with Crippen molar-refractivity contribution in [2.24, 2.45) is 0 Å². The molecule has 0 aromatic heterocycles. The van der Waals surface area contributed by atoms with Crippen molar-refractivity contribution in [1.29, 1.82) is 5.26 Å². The van der Waals surface area contributed by atoms with E-state index in [0.29, 0.717) is 29.2 Å². The van der Waals surface area contributed by atoms with Crippen molar-refractivity contribution in [3.8, 4) is 6.07 Å². The number of esters is 1. The van der Waals surface area contributed by atoms with E-state index in [4.69, 9.17) is 21.6 Å². The van der Waals surface area contributed by atoms with E-state index in [2.05, 4.69) is 0 Å². The van der Waals surface area contributed by atoms with Gasteiger partial charge in [0.15, 0.2) is 0 Å². The van der Waals surface area contributed by atoms with Crippen LogP contribution in [0.5, 0.6) is 0 Å². The number of hydrogen-bond acceptors (Lipinski definition) is 3. The molecule has 0 aliphatic rings. The average molecular weight is 238 g/mol. The molecule has 0 radical (unpaired) electrons. The molecule has 0 atom stereocenters. The fraction of sp³-hybridized carbons (Fsp3) is 0.333. The van der Waals surface area contributed by atoms with Gasteiger partial charge in [0.05, 0.1) is 23.8 Å². The van der Waals surface area contributed by atoms with Crippen LogP contribution in [0.15, 0.2) is 12.1 Å². The second kappa shape index (κ2) is 5.53. The van der Waals surface area contributed by atoms with Crippen molar-refractivity contribution in [1.82, 2.24) is 0 Å².